The van der Waals surface area contributed by atoms with Crippen LogP contribution in [0.3, 0.4) is 0 Å². The summed E-state index contributed by atoms with van der Waals surface area (Å²) >= 11 is 0. The van der Waals surface area contributed by atoms with Crippen LogP contribution < -0.4 is 0 Å². The van der Waals surface area contributed by atoms with Crippen LogP contribution in [0.2, 0.25) is 0 Å². The lowest BCUT2D eigenvalue weighted by Crippen LogP contribution is -2.47. The molecule has 0 atom stereocenters. The maximum atomic E-state index is 13.1. The topological polar surface area (TPSA) is 40.6 Å². The molecule has 0 aromatic heterocycles. The highest BCUT2D eigenvalue weighted by Crippen LogP contribution is 2.32. The van der Waals surface area contributed by atoms with Gasteiger partial charge in [0.1, 0.15) is 0 Å². The lowest BCUT2D eigenvalue weighted by atomic mass is 9.90. The molecule has 2 aliphatic rings. The zero-order valence-electron chi connectivity index (χ0n) is 15.7. The molecule has 1 aliphatic carbocycles. The van der Waals surface area contributed by atoms with Crippen molar-refractivity contribution in [2.24, 2.45) is 11.3 Å². The monoisotopic (exact) mass is 342 g/mol. The van der Waals surface area contributed by atoms with Gasteiger partial charge in [0.25, 0.3) is 0 Å². The minimum Gasteiger partial charge on any atom is -0.342 e. The molecule has 1 aliphatic heterocycles. The summed E-state index contributed by atoms with van der Waals surface area (Å²) in [5.74, 6) is 0.546. The first-order valence-corrected chi connectivity index (χ1v) is 9.50. The van der Waals surface area contributed by atoms with Crippen LogP contribution in [-0.2, 0) is 16.1 Å². The predicted octanol–water partition coefficient (Wildman–Crippen LogP) is 3.46. The highest BCUT2D eigenvalue weighted by Gasteiger charge is 2.38. The van der Waals surface area contributed by atoms with Crippen LogP contribution in [0, 0.1) is 11.3 Å². The largest absolute Gasteiger partial charge is 0.342 e. The molecule has 0 bridgehead atoms. The van der Waals surface area contributed by atoms with Crippen LogP contribution in [0.25, 0.3) is 0 Å². The highest BCUT2D eigenvalue weighted by molar-refractivity contribution is 5.83. The second-order valence-electron chi connectivity index (χ2n) is 8.50. The van der Waals surface area contributed by atoms with E-state index in [2.05, 4.69) is 17.0 Å². The second-order valence-corrected chi connectivity index (χ2v) is 8.50. The summed E-state index contributed by atoms with van der Waals surface area (Å²) in [4.78, 5) is 29.5. The number of amides is 2. The molecule has 0 unspecified atom stereocenters. The van der Waals surface area contributed by atoms with Crippen molar-refractivity contribution in [3.05, 3.63) is 35.9 Å². The molecule has 1 saturated carbocycles. The van der Waals surface area contributed by atoms with E-state index in [9.17, 15) is 9.59 Å². The first-order valence-electron chi connectivity index (χ1n) is 9.50. The molecule has 0 N–H and O–H groups in total. The van der Waals surface area contributed by atoms with Crippen molar-refractivity contribution in [3.63, 3.8) is 0 Å². The molecule has 3 rings (SSSR count). The lowest BCUT2D eigenvalue weighted by molar-refractivity contribution is -0.145. The van der Waals surface area contributed by atoms with Gasteiger partial charge in [0, 0.05) is 37.0 Å². The van der Waals surface area contributed by atoms with E-state index in [4.69, 9.17) is 0 Å². The van der Waals surface area contributed by atoms with Crippen LogP contribution in [0.15, 0.2) is 30.3 Å². The standard InChI is InChI=1S/C21H30N2O2/c1-21(2,3)20(25)22-13-11-17(12-14-22)19(24)23(18-9-10-18)15-16-7-5-4-6-8-16/h4-8,17-18H,9-15H2,1-3H3. The van der Waals surface area contributed by atoms with Gasteiger partial charge in [-0.1, -0.05) is 51.1 Å². The van der Waals surface area contributed by atoms with Crippen LogP contribution in [0.1, 0.15) is 52.0 Å². The van der Waals surface area contributed by atoms with E-state index in [-0.39, 0.29) is 23.1 Å². The van der Waals surface area contributed by atoms with Crippen LogP contribution in [-0.4, -0.2) is 40.7 Å². The Bertz CT molecular complexity index is 609. The Morgan fingerprint density at radius 2 is 1.64 bits per heavy atom. The smallest absolute Gasteiger partial charge is 0.227 e. The Balaban J connectivity index is 1.60. The molecular weight excluding hydrogens is 312 g/mol. The van der Waals surface area contributed by atoms with Crippen molar-refractivity contribution in [2.45, 2.75) is 59.0 Å². The van der Waals surface area contributed by atoms with Crippen molar-refractivity contribution < 1.29 is 9.59 Å². The zero-order valence-corrected chi connectivity index (χ0v) is 15.7. The Hall–Kier alpha value is -1.84. The molecule has 1 aromatic rings. The zero-order chi connectivity index (χ0) is 18.0. The molecule has 0 spiro atoms. The number of hydrogen-bond acceptors (Lipinski definition) is 2. The van der Waals surface area contributed by atoms with E-state index in [1.54, 1.807) is 0 Å². The second kappa shape index (κ2) is 7.19. The van der Waals surface area contributed by atoms with Gasteiger partial charge in [-0.3, -0.25) is 9.59 Å². The van der Waals surface area contributed by atoms with Gasteiger partial charge in [0.05, 0.1) is 0 Å². The third-order valence-corrected chi connectivity index (χ3v) is 5.24. The van der Waals surface area contributed by atoms with Crippen molar-refractivity contribution in [2.75, 3.05) is 13.1 Å². The lowest BCUT2D eigenvalue weighted by Gasteiger charge is -2.37. The molecule has 1 aromatic carbocycles. The molecule has 2 amide bonds. The first-order chi connectivity index (χ1) is 11.9. The summed E-state index contributed by atoms with van der Waals surface area (Å²) in [6.45, 7) is 8.00. The molecular formula is C21H30N2O2. The fourth-order valence-electron chi connectivity index (χ4n) is 3.59. The van der Waals surface area contributed by atoms with Crippen molar-refractivity contribution in [3.8, 4) is 0 Å². The normalized spacial score (nSPS) is 18.9. The summed E-state index contributed by atoms with van der Waals surface area (Å²) in [5, 5.41) is 0. The highest BCUT2D eigenvalue weighted by atomic mass is 16.2. The summed E-state index contributed by atoms with van der Waals surface area (Å²) in [6.07, 6.45) is 3.83. The number of rotatable bonds is 4. The predicted molar refractivity (Wildman–Crippen MR) is 98.8 cm³/mol. The van der Waals surface area contributed by atoms with Crippen molar-refractivity contribution >= 4 is 11.8 Å². The number of likely N-dealkylation sites (tertiary alicyclic amines) is 1. The summed E-state index contributed by atoms with van der Waals surface area (Å²) in [5.41, 5.74) is 0.854. The third kappa shape index (κ3) is 4.42. The number of carbonyl (C=O) groups excluding carboxylic acids is 2. The van der Waals surface area contributed by atoms with E-state index >= 15 is 0 Å². The molecule has 4 nitrogen and oxygen atoms in total. The van der Waals surface area contributed by atoms with E-state index in [1.165, 1.54) is 5.56 Å². The minimum absolute atomic E-state index is 0.0633. The van der Waals surface area contributed by atoms with Gasteiger partial charge in [-0.25, -0.2) is 0 Å². The van der Waals surface area contributed by atoms with Gasteiger partial charge in [0.2, 0.25) is 11.8 Å². The molecule has 4 heteroatoms. The maximum Gasteiger partial charge on any atom is 0.227 e. The Labute approximate surface area is 151 Å². The average molecular weight is 342 g/mol. The number of piperidine rings is 1. The van der Waals surface area contributed by atoms with Gasteiger partial charge in [-0.15, -0.1) is 0 Å². The van der Waals surface area contributed by atoms with Crippen molar-refractivity contribution in [1.29, 1.82) is 0 Å². The summed E-state index contributed by atoms with van der Waals surface area (Å²) < 4.78 is 0. The van der Waals surface area contributed by atoms with Gasteiger partial charge in [-0.05, 0) is 31.2 Å². The Kier molecular flexibility index (Phi) is 5.16. The Morgan fingerprint density at radius 1 is 1.04 bits per heavy atom. The van der Waals surface area contributed by atoms with E-state index in [0.29, 0.717) is 25.7 Å². The quantitative estimate of drug-likeness (QED) is 0.841. The average Bonchev–Trinajstić information content (AvgIpc) is 3.43. The fraction of sp³-hybridized carbons (Fsp3) is 0.619. The Morgan fingerprint density at radius 3 is 2.16 bits per heavy atom. The summed E-state index contributed by atoms with van der Waals surface area (Å²) in [6, 6.07) is 10.7. The van der Waals surface area contributed by atoms with Crippen LogP contribution >= 0.6 is 0 Å². The van der Waals surface area contributed by atoms with Crippen LogP contribution in [0.4, 0.5) is 0 Å². The molecule has 1 heterocycles. The molecule has 25 heavy (non-hydrogen) atoms. The molecule has 136 valence electrons. The van der Waals surface area contributed by atoms with Gasteiger partial charge in [-0.2, -0.15) is 0 Å². The molecule has 2 fully saturated rings. The van der Waals surface area contributed by atoms with Gasteiger partial charge >= 0.3 is 0 Å². The van der Waals surface area contributed by atoms with E-state index in [0.717, 1.165) is 25.7 Å². The number of carbonyl (C=O) groups is 2. The maximum absolute atomic E-state index is 13.1. The number of benzene rings is 1. The van der Waals surface area contributed by atoms with Crippen molar-refractivity contribution in [1.82, 2.24) is 9.80 Å². The van der Waals surface area contributed by atoms with Gasteiger partial charge < -0.3 is 9.80 Å². The van der Waals surface area contributed by atoms with Crippen LogP contribution in [0.5, 0.6) is 0 Å². The first kappa shape index (κ1) is 18.0. The fourth-order valence-corrected chi connectivity index (χ4v) is 3.59. The minimum atomic E-state index is -0.343. The van der Waals surface area contributed by atoms with E-state index in [1.807, 2.05) is 43.9 Å². The number of nitrogens with zero attached hydrogens (tertiary/aromatic N) is 2. The summed E-state index contributed by atoms with van der Waals surface area (Å²) in [7, 11) is 0. The number of hydrogen-bond donors (Lipinski definition) is 0. The van der Waals surface area contributed by atoms with Gasteiger partial charge in [0.15, 0.2) is 0 Å². The molecule has 0 radical (unpaired) electrons. The van der Waals surface area contributed by atoms with E-state index < -0.39 is 0 Å². The molecule has 1 saturated heterocycles. The third-order valence-electron chi connectivity index (χ3n) is 5.24. The SMILES string of the molecule is CC(C)(C)C(=O)N1CCC(C(=O)N(Cc2ccccc2)C2CC2)CC1.